The fraction of sp³-hybridized carbons (Fsp3) is 0.938. The van der Waals surface area contributed by atoms with E-state index in [-0.39, 0.29) is 25.9 Å². The first-order valence-electron chi connectivity index (χ1n) is 8.40. The van der Waals surface area contributed by atoms with Gasteiger partial charge in [0.1, 0.15) is 11.8 Å². The molecule has 5 nitrogen and oxygen atoms in total. The number of hydrogen-bond donors (Lipinski definition) is 1. The molecule has 8 heteroatoms. The molecule has 0 aromatic carbocycles. The van der Waals surface area contributed by atoms with Crippen LogP contribution in [0.4, 0.5) is 18.0 Å². The average molecular weight is 352 g/mol. The maximum atomic E-state index is 14.4. The quantitative estimate of drug-likeness (QED) is 0.830. The lowest BCUT2D eigenvalue weighted by Gasteiger charge is -2.40. The van der Waals surface area contributed by atoms with Crippen molar-refractivity contribution >= 4 is 6.09 Å². The summed E-state index contributed by atoms with van der Waals surface area (Å²) >= 11 is 0. The van der Waals surface area contributed by atoms with Crippen LogP contribution < -0.4 is 5.73 Å². The molecule has 1 aliphatic heterocycles. The molecule has 1 saturated carbocycles. The van der Waals surface area contributed by atoms with Gasteiger partial charge in [-0.25, -0.2) is 18.0 Å². The van der Waals surface area contributed by atoms with Crippen LogP contribution in [-0.4, -0.2) is 60.0 Å². The molecule has 1 amide bonds. The molecule has 2 fully saturated rings. The smallest absolute Gasteiger partial charge is 0.410 e. The molecule has 0 aromatic heterocycles. The number of rotatable bonds is 2. The lowest BCUT2D eigenvalue weighted by atomic mass is 9.89. The monoisotopic (exact) mass is 352 g/mol. The van der Waals surface area contributed by atoms with Gasteiger partial charge >= 0.3 is 6.09 Å². The van der Waals surface area contributed by atoms with Gasteiger partial charge in [-0.2, -0.15) is 0 Å². The number of nitrogens with two attached hydrogens (primary N) is 1. The number of nitrogens with zero attached hydrogens (tertiary/aromatic N) is 1. The number of alkyl halides is 3. The molecule has 0 radical (unpaired) electrons. The van der Waals surface area contributed by atoms with Crippen molar-refractivity contribution in [3.8, 4) is 0 Å². The Morgan fingerprint density at radius 2 is 1.92 bits per heavy atom. The second-order valence-corrected chi connectivity index (χ2v) is 7.62. The summed E-state index contributed by atoms with van der Waals surface area (Å²) < 4.78 is 52.5. The zero-order valence-electron chi connectivity index (χ0n) is 14.4. The predicted octanol–water partition coefficient (Wildman–Crippen LogP) is 2.87. The van der Waals surface area contributed by atoms with Crippen LogP contribution in [0.3, 0.4) is 0 Å². The van der Waals surface area contributed by atoms with Crippen LogP contribution in [0.1, 0.15) is 46.5 Å². The van der Waals surface area contributed by atoms with E-state index in [1.165, 1.54) is 4.90 Å². The van der Waals surface area contributed by atoms with Crippen molar-refractivity contribution in [1.82, 2.24) is 4.90 Å². The van der Waals surface area contributed by atoms with E-state index in [0.717, 1.165) is 0 Å². The molecule has 1 heterocycles. The summed E-state index contributed by atoms with van der Waals surface area (Å²) in [6.07, 6.45) is -3.04. The van der Waals surface area contributed by atoms with Gasteiger partial charge in [0.25, 0.3) is 5.92 Å². The topological polar surface area (TPSA) is 64.8 Å². The first kappa shape index (κ1) is 19.3. The van der Waals surface area contributed by atoms with Crippen LogP contribution in [0.25, 0.3) is 0 Å². The van der Waals surface area contributed by atoms with Crippen LogP contribution in [0.5, 0.6) is 0 Å². The van der Waals surface area contributed by atoms with E-state index < -0.39 is 42.0 Å². The highest BCUT2D eigenvalue weighted by atomic mass is 19.3. The lowest BCUT2D eigenvalue weighted by Crippen LogP contribution is -2.56. The third-order valence-electron chi connectivity index (χ3n) is 4.37. The van der Waals surface area contributed by atoms with Gasteiger partial charge in [0.05, 0.1) is 24.8 Å². The Labute approximate surface area is 140 Å². The molecule has 2 aliphatic rings. The molecular formula is C16H27F3N2O3. The number of carbonyl (C=O) groups excluding carboxylic acids is 1. The summed E-state index contributed by atoms with van der Waals surface area (Å²) in [6.45, 7) is 5.30. The summed E-state index contributed by atoms with van der Waals surface area (Å²) in [5, 5.41) is 0. The molecule has 1 aliphatic carbocycles. The SMILES string of the molecule is CC(C)(C)OC(=O)N1CC[C@@H](O[C@H]2CCCC(F)(F)[C@@H]2N)[C@H](F)C1. The highest BCUT2D eigenvalue weighted by Crippen LogP contribution is 2.35. The molecule has 0 unspecified atom stereocenters. The third kappa shape index (κ3) is 4.75. The molecule has 2 rings (SSSR count). The van der Waals surface area contributed by atoms with Gasteiger partial charge in [-0.05, 0) is 40.0 Å². The highest BCUT2D eigenvalue weighted by Gasteiger charge is 2.47. The maximum absolute atomic E-state index is 14.4. The highest BCUT2D eigenvalue weighted by molar-refractivity contribution is 5.68. The second-order valence-electron chi connectivity index (χ2n) is 7.62. The van der Waals surface area contributed by atoms with Crippen molar-refractivity contribution < 1.29 is 27.4 Å². The molecule has 0 bridgehead atoms. The number of likely N-dealkylation sites (tertiary alicyclic amines) is 1. The van der Waals surface area contributed by atoms with Crippen molar-refractivity contribution in [3.63, 3.8) is 0 Å². The minimum absolute atomic E-state index is 0.169. The normalized spacial score (nSPS) is 34.0. The van der Waals surface area contributed by atoms with Gasteiger partial charge < -0.3 is 20.1 Å². The number of ether oxygens (including phenoxy) is 2. The number of piperidine rings is 1. The van der Waals surface area contributed by atoms with Gasteiger partial charge in [0.15, 0.2) is 0 Å². The largest absolute Gasteiger partial charge is 0.444 e. The van der Waals surface area contributed by atoms with Crippen LogP contribution in [-0.2, 0) is 9.47 Å². The minimum atomic E-state index is -2.98. The third-order valence-corrected chi connectivity index (χ3v) is 4.37. The Balaban J connectivity index is 1.88. The number of halogens is 3. The second kappa shape index (κ2) is 7.07. The Hall–Kier alpha value is -1.02. The molecule has 24 heavy (non-hydrogen) atoms. The van der Waals surface area contributed by atoms with E-state index in [1.54, 1.807) is 20.8 Å². The first-order valence-corrected chi connectivity index (χ1v) is 8.40. The van der Waals surface area contributed by atoms with Crippen molar-refractivity contribution in [2.45, 2.75) is 82.4 Å². The molecule has 4 atom stereocenters. The van der Waals surface area contributed by atoms with Gasteiger partial charge in [-0.3, -0.25) is 0 Å². The summed E-state index contributed by atoms with van der Waals surface area (Å²) in [5.41, 5.74) is 4.93. The first-order chi connectivity index (χ1) is 11.0. The van der Waals surface area contributed by atoms with Crippen molar-refractivity contribution in [2.24, 2.45) is 5.73 Å². The fourth-order valence-electron chi connectivity index (χ4n) is 3.06. The van der Waals surface area contributed by atoms with E-state index in [1.807, 2.05) is 0 Å². The van der Waals surface area contributed by atoms with Crippen LogP contribution in [0.15, 0.2) is 0 Å². The molecule has 2 N–H and O–H groups in total. The fourth-order valence-corrected chi connectivity index (χ4v) is 3.06. The minimum Gasteiger partial charge on any atom is -0.444 e. The van der Waals surface area contributed by atoms with E-state index in [9.17, 15) is 18.0 Å². The Morgan fingerprint density at radius 3 is 2.50 bits per heavy atom. The zero-order valence-corrected chi connectivity index (χ0v) is 14.4. The summed E-state index contributed by atoms with van der Waals surface area (Å²) in [5.74, 6) is -2.98. The van der Waals surface area contributed by atoms with Crippen LogP contribution in [0.2, 0.25) is 0 Å². The van der Waals surface area contributed by atoms with E-state index in [4.69, 9.17) is 15.2 Å². The Morgan fingerprint density at radius 1 is 1.25 bits per heavy atom. The van der Waals surface area contributed by atoms with Crippen LogP contribution in [0, 0.1) is 0 Å². The van der Waals surface area contributed by atoms with Crippen molar-refractivity contribution in [1.29, 1.82) is 0 Å². The van der Waals surface area contributed by atoms with Gasteiger partial charge in [0, 0.05) is 13.0 Å². The number of carbonyl (C=O) groups is 1. The number of amides is 1. The van der Waals surface area contributed by atoms with E-state index >= 15 is 0 Å². The van der Waals surface area contributed by atoms with Gasteiger partial charge in [0.2, 0.25) is 0 Å². The summed E-state index contributed by atoms with van der Waals surface area (Å²) in [6, 6.07) is -1.41. The lowest BCUT2D eigenvalue weighted by molar-refractivity contribution is -0.152. The summed E-state index contributed by atoms with van der Waals surface area (Å²) in [4.78, 5) is 13.3. The summed E-state index contributed by atoms with van der Waals surface area (Å²) in [7, 11) is 0. The average Bonchev–Trinajstić information content (AvgIpc) is 2.44. The Bertz CT molecular complexity index is 456. The molecule has 1 saturated heterocycles. The van der Waals surface area contributed by atoms with Gasteiger partial charge in [-0.15, -0.1) is 0 Å². The van der Waals surface area contributed by atoms with Crippen molar-refractivity contribution in [2.75, 3.05) is 13.1 Å². The van der Waals surface area contributed by atoms with E-state index in [0.29, 0.717) is 12.8 Å². The molecular weight excluding hydrogens is 325 g/mol. The molecule has 0 aromatic rings. The van der Waals surface area contributed by atoms with E-state index in [2.05, 4.69) is 0 Å². The molecule has 140 valence electrons. The molecule has 0 spiro atoms. The van der Waals surface area contributed by atoms with Gasteiger partial charge in [-0.1, -0.05) is 0 Å². The van der Waals surface area contributed by atoms with Crippen molar-refractivity contribution in [3.05, 3.63) is 0 Å². The zero-order chi connectivity index (χ0) is 18.1. The Kier molecular flexibility index (Phi) is 5.69. The predicted molar refractivity (Wildman–Crippen MR) is 82.8 cm³/mol. The maximum Gasteiger partial charge on any atom is 0.410 e. The standard InChI is InChI=1S/C16H27F3N2O3/c1-15(2,3)24-14(22)21-8-6-11(10(17)9-21)23-12-5-4-7-16(18,19)13(12)20/h10-13H,4-9,20H2,1-3H3/t10-,11-,12+,13-/m1/s1. The number of hydrogen-bond acceptors (Lipinski definition) is 4. The van der Waals surface area contributed by atoms with Crippen LogP contribution >= 0.6 is 0 Å².